The van der Waals surface area contributed by atoms with Crippen LogP contribution in [-0.2, 0) is 6.54 Å². The van der Waals surface area contributed by atoms with Gasteiger partial charge in [-0.25, -0.2) is 4.98 Å². The maximum atomic E-state index is 6.05. The quantitative estimate of drug-likeness (QED) is 0.917. The molecule has 3 rings (SSSR count). The molecule has 1 aliphatic carbocycles. The van der Waals surface area contributed by atoms with Crippen molar-refractivity contribution in [2.75, 3.05) is 5.73 Å². The Morgan fingerprint density at radius 3 is 2.78 bits per heavy atom. The van der Waals surface area contributed by atoms with Gasteiger partial charge in [-0.2, -0.15) is 0 Å². The number of imidazole rings is 1. The van der Waals surface area contributed by atoms with Gasteiger partial charge in [0.15, 0.2) is 0 Å². The lowest BCUT2D eigenvalue weighted by atomic mass is 9.92. The molecule has 2 aromatic rings. The Labute approximate surface area is 112 Å². The predicted octanol–water partition coefficient (Wildman–Crippen LogP) is 3.71. The van der Waals surface area contributed by atoms with Crippen molar-refractivity contribution in [1.29, 1.82) is 0 Å². The highest BCUT2D eigenvalue weighted by Gasteiger charge is 2.45. The van der Waals surface area contributed by atoms with Gasteiger partial charge >= 0.3 is 0 Å². The van der Waals surface area contributed by atoms with Gasteiger partial charge in [-0.1, -0.05) is 25.4 Å². The number of anilines is 1. The van der Waals surface area contributed by atoms with E-state index in [1.54, 1.807) is 0 Å². The first-order chi connectivity index (χ1) is 8.52. The number of nitrogens with zero attached hydrogens (tertiary/aromatic N) is 2. The molecule has 1 aliphatic rings. The van der Waals surface area contributed by atoms with Crippen LogP contribution in [0.3, 0.4) is 0 Å². The Bertz CT molecular complexity index is 596. The summed E-state index contributed by atoms with van der Waals surface area (Å²) in [4.78, 5) is 4.40. The van der Waals surface area contributed by atoms with Crippen molar-refractivity contribution in [2.24, 2.45) is 11.3 Å². The number of nitrogens with two attached hydrogens (primary N) is 1. The van der Waals surface area contributed by atoms with Crippen LogP contribution in [0.1, 0.15) is 26.7 Å². The van der Waals surface area contributed by atoms with Gasteiger partial charge in [0.2, 0.25) is 5.95 Å². The first-order valence-corrected chi connectivity index (χ1v) is 6.81. The molecule has 18 heavy (non-hydrogen) atoms. The zero-order valence-corrected chi connectivity index (χ0v) is 11.5. The van der Waals surface area contributed by atoms with Crippen LogP contribution in [0.2, 0.25) is 5.02 Å². The minimum atomic E-state index is 0.418. The maximum Gasteiger partial charge on any atom is 0.201 e. The molecule has 0 aliphatic heterocycles. The van der Waals surface area contributed by atoms with Crippen LogP contribution in [0.4, 0.5) is 5.95 Å². The number of fused-ring (bicyclic) bond motifs is 1. The molecule has 0 saturated heterocycles. The van der Waals surface area contributed by atoms with E-state index in [1.165, 1.54) is 12.8 Å². The third-order valence-corrected chi connectivity index (χ3v) is 4.56. The second-order valence-electron chi connectivity index (χ2n) is 5.71. The van der Waals surface area contributed by atoms with Crippen LogP contribution < -0.4 is 5.73 Å². The molecule has 1 heterocycles. The summed E-state index contributed by atoms with van der Waals surface area (Å²) in [5.41, 5.74) is 8.44. The number of aromatic nitrogens is 2. The number of nitrogen functional groups attached to an aromatic ring is 1. The van der Waals surface area contributed by atoms with Gasteiger partial charge in [0.1, 0.15) is 0 Å². The summed E-state index contributed by atoms with van der Waals surface area (Å²) < 4.78 is 2.14. The second-order valence-corrected chi connectivity index (χ2v) is 6.14. The Kier molecular flexibility index (Phi) is 2.56. The van der Waals surface area contributed by atoms with Gasteiger partial charge in [-0.05, 0) is 42.4 Å². The summed E-state index contributed by atoms with van der Waals surface area (Å²) in [6.07, 6.45) is 2.58. The minimum absolute atomic E-state index is 0.418. The van der Waals surface area contributed by atoms with Gasteiger partial charge in [0, 0.05) is 11.6 Å². The van der Waals surface area contributed by atoms with Gasteiger partial charge in [0.05, 0.1) is 11.0 Å². The Balaban J connectivity index is 2.04. The van der Waals surface area contributed by atoms with Gasteiger partial charge in [-0.15, -0.1) is 0 Å². The number of rotatable bonds is 3. The van der Waals surface area contributed by atoms with E-state index in [0.29, 0.717) is 22.3 Å². The van der Waals surface area contributed by atoms with Crippen molar-refractivity contribution >= 4 is 28.6 Å². The van der Waals surface area contributed by atoms with E-state index in [-0.39, 0.29) is 0 Å². The predicted molar refractivity (Wildman–Crippen MR) is 75.7 cm³/mol. The normalized spacial score (nSPS) is 17.6. The summed E-state index contributed by atoms with van der Waals surface area (Å²) in [6.45, 7) is 5.55. The SMILES string of the molecule is CC(C)C1(Cn2c(N)nc3cc(Cl)ccc32)CC1. The molecule has 1 saturated carbocycles. The van der Waals surface area contributed by atoms with E-state index in [0.717, 1.165) is 17.6 Å². The lowest BCUT2D eigenvalue weighted by molar-refractivity contribution is 0.314. The van der Waals surface area contributed by atoms with E-state index < -0.39 is 0 Å². The standard InChI is InChI=1S/C14H18ClN3/c1-9(2)14(5-6-14)8-18-12-4-3-10(15)7-11(12)17-13(18)16/h3-4,7,9H,5-6,8H2,1-2H3,(H2,16,17). The van der Waals surface area contributed by atoms with E-state index in [2.05, 4.69) is 23.4 Å². The molecular weight excluding hydrogens is 246 g/mol. The largest absolute Gasteiger partial charge is 0.369 e. The Morgan fingerprint density at radius 2 is 2.17 bits per heavy atom. The molecule has 0 radical (unpaired) electrons. The zero-order valence-electron chi connectivity index (χ0n) is 10.8. The molecule has 2 N–H and O–H groups in total. The summed E-state index contributed by atoms with van der Waals surface area (Å²) in [6, 6.07) is 5.78. The summed E-state index contributed by atoms with van der Waals surface area (Å²) in [7, 11) is 0. The maximum absolute atomic E-state index is 6.05. The molecule has 0 bridgehead atoms. The van der Waals surface area contributed by atoms with Gasteiger partial charge in [0.25, 0.3) is 0 Å². The first kappa shape index (κ1) is 11.8. The Morgan fingerprint density at radius 1 is 1.44 bits per heavy atom. The fraction of sp³-hybridized carbons (Fsp3) is 0.500. The topological polar surface area (TPSA) is 43.8 Å². The second kappa shape index (κ2) is 3.89. The number of benzene rings is 1. The smallest absolute Gasteiger partial charge is 0.201 e. The highest BCUT2D eigenvalue weighted by atomic mass is 35.5. The molecule has 0 unspecified atom stereocenters. The monoisotopic (exact) mass is 263 g/mol. The van der Waals surface area contributed by atoms with Crippen LogP contribution in [0, 0.1) is 11.3 Å². The van der Waals surface area contributed by atoms with E-state index in [9.17, 15) is 0 Å². The van der Waals surface area contributed by atoms with Crippen molar-refractivity contribution in [2.45, 2.75) is 33.2 Å². The van der Waals surface area contributed by atoms with Gasteiger partial charge < -0.3 is 10.3 Å². The third kappa shape index (κ3) is 1.77. The van der Waals surface area contributed by atoms with Crippen molar-refractivity contribution in [3.05, 3.63) is 23.2 Å². The van der Waals surface area contributed by atoms with Crippen molar-refractivity contribution < 1.29 is 0 Å². The lowest BCUT2D eigenvalue weighted by Gasteiger charge is -2.21. The van der Waals surface area contributed by atoms with Crippen molar-refractivity contribution in [1.82, 2.24) is 9.55 Å². The van der Waals surface area contributed by atoms with E-state index >= 15 is 0 Å². The fourth-order valence-electron chi connectivity index (χ4n) is 2.68. The van der Waals surface area contributed by atoms with Crippen LogP contribution >= 0.6 is 11.6 Å². The van der Waals surface area contributed by atoms with Crippen LogP contribution in [-0.4, -0.2) is 9.55 Å². The number of halogens is 1. The lowest BCUT2D eigenvalue weighted by Crippen LogP contribution is -2.18. The molecule has 1 aromatic heterocycles. The molecule has 4 heteroatoms. The van der Waals surface area contributed by atoms with Crippen LogP contribution in [0.5, 0.6) is 0 Å². The van der Waals surface area contributed by atoms with Crippen LogP contribution in [0.15, 0.2) is 18.2 Å². The average Bonchev–Trinajstić information content (AvgIpc) is 3.02. The molecule has 1 fully saturated rings. The Hall–Kier alpha value is -1.22. The van der Waals surface area contributed by atoms with Crippen molar-refractivity contribution in [3.8, 4) is 0 Å². The van der Waals surface area contributed by atoms with Crippen molar-refractivity contribution in [3.63, 3.8) is 0 Å². The molecule has 0 spiro atoms. The van der Waals surface area contributed by atoms with Crippen LogP contribution in [0.25, 0.3) is 11.0 Å². The molecular formula is C14H18ClN3. The number of hydrogen-bond donors (Lipinski definition) is 1. The number of hydrogen-bond acceptors (Lipinski definition) is 2. The molecule has 96 valence electrons. The molecule has 0 amide bonds. The highest BCUT2D eigenvalue weighted by molar-refractivity contribution is 6.31. The fourth-order valence-corrected chi connectivity index (χ4v) is 2.85. The minimum Gasteiger partial charge on any atom is -0.369 e. The van der Waals surface area contributed by atoms with E-state index in [1.807, 2.05) is 18.2 Å². The zero-order chi connectivity index (χ0) is 12.9. The van der Waals surface area contributed by atoms with E-state index in [4.69, 9.17) is 17.3 Å². The summed E-state index contributed by atoms with van der Waals surface area (Å²) in [5, 5.41) is 0.706. The summed E-state index contributed by atoms with van der Waals surface area (Å²) >= 11 is 5.99. The molecule has 1 aromatic carbocycles. The molecule has 3 nitrogen and oxygen atoms in total. The molecule has 0 atom stereocenters. The first-order valence-electron chi connectivity index (χ1n) is 6.43. The highest BCUT2D eigenvalue weighted by Crippen LogP contribution is 2.53. The third-order valence-electron chi connectivity index (χ3n) is 4.33. The van der Waals surface area contributed by atoms with Gasteiger partial charge in [-0.3, -0.25) is 0 Å². The average molecular weight is 264 g/mol. The summed E-state index contributed by atoms with van der Waals surface area (Å²) in [5.74, 6) is 1.28.